The first-order chi connectivity index (χ1) is 7.84. The highest BCUT2D eigenvalue weighted by Gasteiger charge is 2.54. The Morgan fingerprint density at radius 2 is 1.88 bits per heavy atom. The van der Waals surface area contributed by atoms with Crippen LogP contribution < -0.4 is 5.32 Å². The Kier molecular flexibility index (Phi) is 3.10. The van der Waals surface area contributed by atoms with E-state index < -0.39 is 0 Å². The summed E-state index contributed by atoms with van der Waals surface area (Å²) in [5, 5.41) is 3.63. The summed E-state index contributed by atoms with van der Waals surface area (Å²) in [6.07, 6.45) is 1.22. The van der Waals surface area contributed by atoms with E-state index in [1.807, 2.05) is 30.7 Å². The molecule has 1 unspecified atom stereocenters. The molecule has 4 heteroatoms. The molecular formula is C13H25N3O. The molecule has 17 heavy (non-hydrogen) atoms. The lowest BCUT2D eigenvalue weighted by atomic mass is 9.72. The normalized spacial score (nSPS) is 26.1. The molecule has 0 aromatic heterocycles. The highest BCUT2D eigenvalue weighted by Crippen LogP contribution is 2.37. The van der Waals surface area contributed by atoms with Gasteiger partial charge in [0.05, 0.1) is 5.54 Å². The van der Waals surface area contributed by atoms with Crippen LogP contribution in [0.2, 0.25) is 0 Å². The van der Waals surface area contributed by atoms with Crippen molar-refractivity contribution >= 4 is 6.03 Å². The highest BCUT2D eigenvalue weighted by atomic mass is 16.2. The molecule has 1 N–H and O–H groups in total. The molecule has 2 amide bonds. The van der Waals surface area contributed by atoms with Gasteiger partial charge in [-0.1, -0.05) is 13.8 Å². The monoisotopic (exact) mass is 239 g/mol. The van der Waals surface area contributed by atoms with Gasteiger partial charge >= 0.3 is 6.03 Å². The van der Waals surface area contributed by atoms with Crippen LogP contribution in [0.25, 0.3) is 0 Å². The lowest BCUT2D eigenvalue weighted by Gasteiger charge is -2.61. The van der Waals surface area contributed by atoms with Gasteiger partial charge in [-0.05, 0) is 26.2 Å². The summed E-state index contributed by atoms with van der Waals surface area (Å²) in [7, 11) is 1.88. The van der Waals surface area contributed by atoms with Crippen molar-refractivity contribution in [3.8, 4) is 0 Å². The molecule has 2 heterocycles. The molecule has 0 aliphatic carbocycles. The Balaban J connectivity index is 1.79. The first-order valence-electron chi connectivity index (χ1n) is 6.64. The van der Waals surface area contributed by atoms with Crippen molar-refractivity contribution in [2.75, 3.05) is 20.1 Å². The number of amides is 2. The molecule has 2 fully saturated rings. The fraction of sp³-hybridized carbons (Fsp3) is 0.923. The SMILES string of the molecule is CC(C)C1CC2(CN(C(=O)N(C)C(C)C)C2)N1. The van der Waals surface area contributed by atoms with Gasteiger partial charge in [0, 0.05) is 32.2 Å². The Morgan fingerprint density at radius 1 is 1.35 bits per heavy atom. The molecule has 0 bridgehead atoms. The van der Waals surface area contributed by atoms with Gasteiger partial charge < -0.3 is 15.1 Å². The van der Waals surface area contributed by atoms with Crippen LogP contribution in [0.3, 0.4) is 0 Å². The number of rotatable bonds is 2. The van der Waals surface area contributed by atoms with Gasteiger partial charge in [-0.3, -0.25) is 0 Å². The van der Waals surface area contributed by atoms with E-state index in [0.29, 0.717) is 12.0 Å². The summed E-state index contributed by atoms with van der Waals surface area (Å²) in [6.45, 7) is 10.4. The maximum atomic E-state index is 12.0. The summed E-state index contributed by atoms with van der Waals surface area (Å²) in [5.41, 5.74) is 0.252. The minimum absolute atomic E-state index is 0.167. The van der Waals surface area contributed by atoms with Crippen molar-refractivity contribution in [3.05, 3.63) is 0 Å². The van der Waals surface area contributed by atoms with Crippen LogP contribution in [0.5, 0.6) is 0 Å². The minimum Gasteiger partial charge on any atom is -0.325 e. The molecule has 98 valence electrons. The summed E-state index contributed by atoms with van der Waals surface area (Å²) in [4.78, 5) is 15.8. The molecule has 0 saturated carbocycles. The number of carbonyl (C=O) groups excluding carboxylic acids is 1. The Bertz CT molecular complexity index is 300. The summed E-state index contributed by atoms with van der Waals surface area (Å²) >= 11 is 0. The molecule has 0 radical (unpaired) electrons. The van der Waals surface area contributed by atoms with E-state index in [1.54, 1.807) is 0 Å². The van der Waals surface area contributed by atoms with Gasteiger partial charge in [-0.2, -0.15) is 0 Å². The number of carbonyl (C=O) groups is 1. The van der Waals surface area contributed by atoms with E-state index in [-0.39, 0.29) is 17.6 Å². The smallest absolute Gasteiger partial charge is 0.320 e. The number of nitrogens with one attached hydrogen (secondary N) is 1. The van der Waals surface area contributed by atoms with Crippen LogP contribution in [-0.2, 0) is 0 Å². The molecule has 2 aliphatic heterocycles. The largest absolute Gasteiger partial charge is 0.325 e. The van der Waals surface area contributed by atoms with Crippen molar-refractivity contribution in [1.29, 1.82) is 0 Å². The molecule has 2 rings (SSSR count). The fourth-order valence-electron chi connectivity index (χ4n) is 2.68. The molecular weight excluding hydrogens is 214 g/mol. The second-order valence-corrected chi connectivity index (χ2v) is 6.32. The summed E-state index contributed by atoms with van der Waals surface area (Å²) in [5.74, 6) is 0.698. The van der Waals surface area contributed by atoms with E-state index in [1.165, 1.54) is 6.42 Å². The standard InChI is InChI=1S/C13H25N3O/c1-9(2)11-6-13(14-11)7-16(8-13)12(17)15(5)10(3)4/h9-11,14H,6-8H2,1-5H3. The van der Waals surface area contributed by atoms with E-state index in [0.717, 1.165) is 13.1 Å². The van der Waals surface area contributed by atoms with Crippen molar-refractivity contribution in [1.82, 2.24) is 15.1 Å². The van der Waals surface area contributed by atoms with Crippen LogP contribution in [0.4, 0.5) is 4.79 Å². The third-order valence-electron chi connectivity index (χ3n) is 4.24. The number of hydrogen-bond acceptors (Lipinski definition) is 2. The second kappa shape index (κ2) is 4.16. The zero-order valence-corrected chi connectivity index (χ0v) is 11.7. The number of hydrogen-bond donors (Lipinski definition) is 1. The van der Waals surface area contributed by atoms with Crippen molar-refractivity contribution in [2.24, 2.45) is 5.92 Å². The zero-order valence-electron chi connectivity index (χ0n) is 11.7. The lowest BCUT2D eigenvalue weighted by Crippen LogP contribution is -2.81. The molecule has 1 atom stereocenters. The van der Waals surface area contributed by atoms with Gasteiger partial charge in [0.2, 0.25) is 0 Å². The van der Waals surface area contributed by atoms with Crippen molar-refractivity contribution < 1.29 is 4.79 Å². The first kappa shape index (κ1) is 12.7. The van der Waals surface area contributed by atoms with E-state index >= 15 is 0 Å². The average Bonchev–Trinajstić information content (AvgIpc) is 2.10. The first-order valence-corrected chi connectivity index (χ1v) is 6.64. The van der Waals surface area contributed by atoms with Gasteiger partial charge in [-0.15, -0.1) is 0 Å². The molecule has 2 aliphatic rings. The molecule has 0 aromatic carbocycles. The second-order valence-electron chi connectivity index (χ2n) is 6.32. The van der Waals surface area contributed by atoms with E-state index in [9.17, 15) is 4.79 Å². The van der Waals surface area contributed by atoms with Crippen LogP contribution in [0, 0.1) is 5.92 Å². The third kappa shape index (κ3) is 2.15. The maximum Gasteiger partial charge on any atom is 0.320 e. The Labute approximate surface area is 104 Å². The van der Waals surface area contributed by atoms with Crippen molar-refractivity contribution in [3.63, 3.8) is 0 Å². The zero-order chi connectivity index (χ0) is 12.8. The van der Waals surface area contributed by atoms with Gasteiger partial charge in [0.1, 0.15) is 0 Å². The van der Waals surface area contributed by atoms with Gasteiger partial charge in [0.25, 0.3) is 0 Å². The summed E-state index contributed by atoms with van der Waals surface area (Å²) < 4.78 is 0. The van der Waals surface area contributed by atoms with Crippen molar-refractivity contribution in [2.45, 2.75) is 51.7 Å². The number of urea groups is 1. The van der Waals surface area contributed by atoms with Gasteiger partial charge in [0.15, 0.2) is 0 Å². The predicted octanol–water partition coefficient (Wildman–Crippen LogP) is 1.52. The quantitative estimate of drug-likeness (QED) is 0.793. The van der Waals surface area contributed by atoms with E-state index in [4.69, 9.17) is 0 Å². The predicted molar refractivity (Wildman–Crippen MR) is 69.0 cm³/mol. The summed E-state index contributed by atoms with van der Waals surface area (Å²) in [6, 6.07) is 1.09. The van der Waals surface area contributed by atoms with Crippen LogP contribution in [0.1, 0.15) is 34.1 Å². The Morgan fingerprint density at radius 3 is 2.29 bits per heavy atom. The lowest BCUT2D eigenvalue weighted by molar-refractivity contribution is -0.0287. The van der Waals surface area contributed by atoms with E-state index in [2.05, 4.69) is 19.2 Å². The van der Waals surface area contributed by atoms with Gasteiger partial charge in [-0.25, -0.2) is 4.79 Å². The molecule has 2 saturated heterocycles. The fourth-order valence-corrected chi connectivity index (χ4v) is 2.68. The third-order valence-corrected chi connectivity index (χ3v) is 4.24. The Hall–Kier alpha value is -0.770. The van der Waals surface area contributed by atoms with Crippen LogP contribution >= 0.6 is 0 Å². The van der Waals surface area contributed by atoms with Crippen LogP contribution in [0.15, 0.2) is 0 Å². The highest BCUT2D eigenvalue weighted by molar-refractivity contribution is 5.76. The minimum atomic E-state index is 0.167. The topological polar surface area (TPSA) is 35.6 Å². The number of nitrogens with zero attached hydrogens (tertiary/aromatic N) is 2. The molecule has 0 aromatic rings. The molecule has 4 nitrogen and oxygen atoms in total. The maximum absolute atomic E-state index is 12.0. The molecule has 1 spiro atoms. The number of likely N-dealkylation sites (tertiary alicyclic amines) is 1. The average molecular weight is 239 g/mol. The van der Waals surface area contributed by atoms with Crippen LogP contribution in [-0.4, -0.2) is 53.6 Å².